The zero-order valence-electron chi connectivity index (χ0n) is 13.1. The summed E-state index contributed by atoms with van der Waals surface area (Å²) in [6.45, 7) is 1.53. The lowest BCUT2D eigenvalue weighted by molar-refractivity contribution is -0.123. The predicted octanol–water partition coefficient (Wildman–Crippen LogP) is 3.42. The Hall–Kier alpha value is -3.21. The van der Waals surface area contributed by atoms with Crippen LogP contribution in [0.15, 0.2) is 66.9 Å². The largest absolute Gasteiger partial charge is 0.448 e. The standard InChI is InChI=1S/C19H16N2O3/c1-13(24-19(23)17-10-4-5-12-20-17)18(22)21-16-11-6-8-14-7-2-3-9-15(14)16/h2-13H,1H3,(H,21,22)/t13-/m0/s1. The van der Waals surface area contributed by atoms with Gasteiger partial charge in [-0.05, 0) is 30.5 Å². The molecule has 3 aromatic rings. The second kappa shape index (κ2) is 6.91. The maximum Gasteiger partial charge on any atom is 0.357 e. The molecule has 120 valence electrons. The Morgan fingerprint density at radius 1 is 1.00 bits per heavy atom. The number of nitrogens with zero attached hydrogens (tertiary/aromatic N) is 1. The molecule has 0 bridgehead atoms. The van der Waals surface area contributed by atoms with Crippen LogP contribution in [0.25, 0.3) is 10.8 Å². The maximum atomic E-state index is 12.3. The van der Waals surface area contributed by atoms with Gasteiger partial charge in [-0.2, -0.15) is 0 Å². The zero-order chi connectivity index (χ0) is 16.9. The van der Waals surface area contributed by atoms with Crippen LogP contribution in [-0.4, -0.2) is 23.0 Å². The van der Waals surface area contributed by atoms with E-state index in [0.29, 0.717) is 5.69 Å². The molecule has 2 aromatic carbocycles. The van der Waals surface area contributed by atoms with Crippen LogP contribution in [0.4, 0.5) is 5.69 Å². The molecule has 0 aliphatic rings. The van der Waals surface area contributed by atoms with Crippen LogP contribution in [0.2, 0.25) is 0 Å². The molecule has 1 N–H and O–H groups in total. The van der Waals surface area contributed by atoms with Crippen molar-refractivity contribution >= 4 is 28.3 Å². The SMILES string of the molecule is C[C@H](OC(=O)c1ccccn1)C(=O)Nc1cccc2ccccc12. The van der Waals surface area contributed by atoms with Crippen LogP contribution < -0.4 is 5.32 Å². The third kappa shape index (κ3) is 3.41. The van der Waals surface area contributed by atoms with Crippen molar-refractivity contribution in [3.63, 3.8) is 0 Å². The van der Waals surface area contributed by atoms with Crippen molar-refractivity contribution in [2.45, 2.75) is 13.0 Å². The molecule has 0 spiro atoms. The highest BCUT2D eigenvalue weighted by molar-refractivity contribution is 6.04. The molecular formula is C19H16N2O3. The average Bonchev–Trinajstić information content (AvgIpc) is 2.62. The lowest BCUT2D eigenvalue weighted by Crippen LogP contribution is -2.30. The number of ether oxygens (including phenoxy) is 1. The van der Waals surface area contributed by atoms with Crippen LogP contribution in [0.5, 0.6) is 0 Å². The summed E-state index contributed by atoms with van der Waals surface area (Å²) in [6, 6.07) is 18.3. The number of benzene rings is 2. The van der Waals surface area contributed by atoms with E-state index >= 15 is 0 Å². The first-order valence-corrected chi connectivity index (χ1v) is 7.56. The predicted molar refractivity (Wildman–Crippen MR) is 91.7 cm³/mol. The van der Waals surface area contributed by atoms with E-state index in [1.54, 1.807) is 12.1 Å². The highest BCUT2D eigenvalue weighted by Crippen LogP contribution is 2.23. The fraction of sp³-hybridized carbons (Fsp3) is 0.105. The minimum atomic E-state index is -0.932. The van der Waals surface area contributed by atoms with Gasteiger partial charge in [0, 0.05) is 17.3 Å². The number of anilines is 1. The molecule has 0 saturated carbocycles. The van der Waals surface area contributed by atoms with E-state index in [2.05, 4.69) is 10.3 Å². The molecule has 0 fully saturated rings. The van der Waals surface area contributed by atoms with E-state index in [1.165, 1.54) is 19.2 Å². The van der Waals surface area contributed by atoms with Crippen LogP contribution >= 0.6 is 0 Å². The van der Waals surface area contributed by atoms with Crippen molar-refractivity contribution in [3.05, 3.63) is 72.6 Å². The molecular weight excluding hydrogens is 304 g/mol. The molecule has 0 unspecified atom stereocenters. The zero-order valence-corrected chi connectivity index (χ0v) is 13.1. The number of rotatable bonds is 4. The maximum absolute atomic E-state index is 12.3. The molecule has 1 aromatic heterocycles. The number of carbonyl (C=O) groups excluding carboxylic acids is 2. The summed E-state index contributed by atoms with van der Waals surface area (Å²) in [4.78, 5) is 28.2. The van der Waals surface area contributed by atoms with Gasteiger partial charge in [-0.15, -0.1) is 0 Å². The fourth-order valence-corrected chi connectivity index (χ4v) is 2.33. The van der Waals surface area contributed by atoms with E-state index in [4.69, 9.17) is 4.74 Å². The van der Waals surface area contributed by atoms with Gasteiger partial charge in [-0.25, -0.2) is 9.78 Å². The lowest BCUT2D eigenvalue weighted by Gasteiger charge is -2.14. The van der Waals surface area contributed by atoms with Gasteiger partial charge in [0.15, 0.2) is 6.10 Å². The summed E-state index contributed by atoms with van der Waals surface area (Å²) >= 11 is 0. The number of esters is 1. The third-order valence-electron chi connectivity index (χ3n) is 3.57. The Balaban J connectivity index is 1.71. The van der Waals surface area contributed by atoms with Gasteiger partial charge in [0.2, 0.25) is 0 Å². The summed E-state index contributed by atoms with van der Waals surface area (Å²) in [6.07, 6.45) is 0.565. The van der Waals surface area contributed by atoms with Crippen molar-refractivity contribution < 1.29 is 14.3 Å². The second-order valence-electron chi connectivity index (χ2n) is 5.28. The number of carbonyl (C=O) groups is 2. The molecule has 0 radical (unpaired) electrons. The highest BCUT2D eigenvalue weighted by Gasteiger charge is 2.20. The van der Waals surface area contributed by atoms with Crippen LogP contribution in [0, 0.1) is 0 Å². The first-order chi connectivity index (χ1) is 11.6. The lowest BCUT2D eigenvalue weighted by atomic mass is 10.1. The Bertz CT molecular complexity index is 873. The van der Waals surface area contributed by atoms with E-state index in [1.807, 2.05) is 42.5 Å². The first kappa shape index (κ1) is 15.7. The van der Waals surface area contributed by atoms with E-state index in [0.717, 1.165) is 10.8 Å². The van der Waals surface area contributed by atoms with E-state index in [9.17, 15) is 9.59 Å². The average molecular weight is 320 g/mol. The molecule has 0 saturated heterocycles. The van der Waals surface area contributed by atoms with Gasteiger partial charge >= 0.3 is 5.97 Å². The van der Waals surface area contributed by atoms with Gasteiger partial charge in [0.25, 0.3) is 5.91 Å². The number of fused-ring (bicyclic) bond motifs is 1. The van der Waals surface area contributed by atoms with Crippen molar-refractivity contribution in [3.8, 4) is 0 Å². The molecule has 1 atom stereocenters. The van der Waals surface area contributed by atoms with Crippen molar-refractivity contribution in [1.29, 1.82) is 0 Å². The second-order valence-corrected chi connectivity index (χ2v) is 5.28. The monoisotopic (exact) mass is 320 g/mol. The number of amides is 1. The number of pyridine rings is 1. The number of hydrogen-bond donors (Lipinski definition) is 1. The van der Waals surface area contributed by atoms with Gasteiger partial charge in [0.1, 0.15) is 5.69 Å². The first-order valence-electron chi connectivity index (χ1n) is 7.56. The quantitative estimate of drug-likeness (QED) is 0.748. The minimum Gasteiger partial charge on any atom is -0.448 e. The summed E-state index contributed by atoms with van der Waals surface area (Å²) in [5, 5.41) is 4.75. The Morgan fingerprint density at radius 2 is 1.75 bits per heavy atom. The topological polar surface area (TPSA) is 68.3 Å². The molecule has 1 heterocycles. The van der Waals surface area contributed by atoms with Crippen LogP contribution in [0.3, 0.4) is 0 Å². The van der Waals surface area contributed by atoms with Crippen LogP contribution in [0.1, 0.15) is 17.4 Å². The van der Waals surface area contributed by atoms with E-state index < -0.39 is 18.0 Å². The van der Waals surface area contributed by atoms with Crippen molar-refractivity contribution in [2.24, 2.45) is 0 Å². The summed E-state index contributed by atoms with van der Waals surface area (Å²) < 4.78 is 5.17. The number of nitrogens with one attached hydrogen (secondary N) is 1. The third-order valence-corrected chi connectivity index (χ3v) is 3.57. The Morgan fingerprint density at radius 3 is 2.54 bits per heavy atom. The summed E-state index contributed by atoms with van der Waals surface area (Å²) in [7, 11) is 0. The Kier molecular flexibility index (Phi) is 4.52. The van der Waals surface area contributed by atoms with Crippen molar-refractivity contribution in [2.75, 3.05) is 5.32 Å². The van der Waals surface area contributed by atoms with Crippen LogP contribution in [-0.2, 0) is 9.53 Å². The Labute approximate surface area is 139 Å². The highest BCUT2D eigenvalue weighted by atomic mass is 16.5. The molecule has 1 amide bonds. The molecule has 5 nitrogen and oxygen atoms in total. The van der Waals surface area contributed by atoms with Crippen molar-refractivity contribution in [1.82, 2.24) is 4.98 Å². The molecule has 0 aliphatic heterocycles. The fourth-order valence-electron chi connectivity index (χ4n) is 2.33. The molecule has 24 heavy (non-hydrogen) atoms. The molecule has 3 rings (SSSR count). The van der Waals surface area contributed by atoms with Gasteiger partial charge in [-0.1, -0.05) is 42.5 Å². The van der Waals surface area contributed by atoms with Gasteiger partial charge in [0.05, 0.1) is 0 Å². The van der Waals surface area contributed by atoms with Gasteiger partial charge in [-0.3, -0.25) is 4.79 Å². The van der Waals surface area contributed by atoms with E-state index in [-0.39, 0.29) is 5.69 Å². The summed E-state index contributed by atoms with van der Waals surface area (Å²) in [5.74, 6) is -1.02. The normalized spacial score (nSPS) is 11.7. The molecule has 5 heteroatoms. The summed E-state index contributed by atoms with van der Waals surface area (Å²) in [5.41, 5.74) is 0.848. The smallest absolute Gasteiger partial charge is 0.357 e. The number of aromatic nitrogens is 1. The minimum absolute atomic E-state index is 0.169. The number of hydrogen-bond acceptors (Lipinski definition) is 4. The van der Waals surface area contributed by atoms with Gasteiger partial charge < -0.3 is 10.1 Å². The molecule has 0 aliphatic carbocycles.